The SMILES string of the molecule is CC/C=C\C/C=C\C/C=C\C/C=C\C/C=C\C/C=C\CCCCCCC(=O)NC(COP(=O)(O)OCC[N+](C)(C)C)C(O)/C=C/CCC. The van der Waals surface area contributed by atoms with Crippen LogP contribution in [-0.4, -0.2) is 73.4 Å². The number of carbonyl (C=O) groups is 1. The first-order valence-electron chi connectivity index (χ1n) is 18.0. The van der Waals surface area contributed by atoms with Gasteiger partial charge < -0.3 is 19.8 Å². The van der Waals surface area contributed by atoms with Gasteiger partial charge in [0, 0.05) is 6.42 Å². The summed E-state index contributed by atoms with van der Waals surface area (Å²) >= 11 is 0. The van der Waals surface area contributed by atoms with Crippen LogP contribution in [0.25, 0.3) is 0 Å². The maximum Gasteiger partial charge on any atom is 0.472 e. The highest BCUT2D eigenvalue weighted by Crippen LogP contribution is 2.43. The number of carbonyl (C=O) groups excluding carboxylic acids is 1. The molecule has 0 saturated carbocycles. The van der Waals surface area contributed by atoms with Crippen molar-refractivity contribution in [2.45, 2.75) is 116 Å². The van der Waals surface area contributed by atoms with E-state index in [1.165, 1.54) is 0 Å². The Morgan fingerprint density at radius 2 is 1.25 bits per heavy atom. The Kier molecular flexibility index (Phi) is 29.2. The van der Waals surface area contributed by atoms with Crippen molar-refractivity contribution in [2.75, 3.05) is 40.9 Å². The average molecular weight is 692 g/mol. The zero-order chi connectivity index (χ0) is 35.8. The Hall–Kier alpha value is -2.32. The second-order valence-corrected chi connectivity index (χ2v) is 14.3. The van der Waals surface area contributed by atoms with Crippen LogP contribution in [-0.2, 0) is 18.4 Å². The number of phosphoric ester groups is 1. The molecule has 0 fully saturated rings. The van der Waals surface area contributed by atoms with Gasteiger partial charge >= 0.3 is 7.82 Å². The van der Waals surface area contributed by atoms with Crippen LogP contribution >= 0.6 is 7.82 Å². The van der Waals surface area contributed by atoms with Crippen LogP contribution in [0.2, 0.25) is 0 Å². The predicted molar refractivity (Wildman–Crippen MR) is 203 cm³/mol. The van der Waals surface area contributed by atoms with Gasteiger partial charge in [0.15, 0.2) is 0 Å². The molecule has 3 atom stereocenters. The third-order valence-electron chi connectivity index (χ3n) is 7.10. The molecule has 274 valence electrons. The largest absolute Gasteiger partial charge is 0.472 e. The number of unbranched alkanes of at least 4 members (excludes halogenated alkanes) is 5. The molecular weight excluding hydrogens is 623 g/mol. The second-order valence-electron chi connectivity index (χ2n) is 12.9. The van der Waals surface area contributed by atoms with Crippen LogP contribution < -0.4 is 5.32 Å². The molecule has 0 bridgehead atoms. The molecule has 0 saturated heterocycles. The molecule has 0 spiro atoms. The molecule has 0 aromatic heterocycles. The quantitative estimate of drug-likeness (QED) is 0.0301. The molecule has 0 aromatic carbocycles. The minimum atomic E-state index is -4.32. The van der Waals surface area contributed by atoms with Crippen molar-refractivity contribution in [3.05, 3.63) is 85.1 Å². The topological polar surface area (TPSA) is 105 Å². The smallest absolute Gasteiger partial charge is 0.387 e. The molecule has 1 amide bonds. The van der Waals surface area contributed by atoms with Gasteiger partial charge in [-0.25, -0.2) is 4.57 Å². The summed E-state index contributed by atoms with van der Waals surface area (Å²) < 4.78 is 23.1. The summed E-state index contributed by atoms with van der Waals surface area (Å²) in [5.74, 6) is -0.220. The van der Waals surface area contributed by atoms with E-state index in [4.69, 9.17) is 9.05 Å². The second kappa shape index (κ2) is 30.7. The third kappa shape index (κ3) is 32.2. The predicted octanol–water partition coefficient (Wildman–Crippen LogP) is 9.07. The Balaban J connectivity index is 4.20. The number of aliphatic hydroxyl groups excluding tert-OH is 1. The third-order valence-corrected chi connectivity index (χ3v) is 8.09. The fourth-order valence-corrected chi connectivity index (χ4v) is 4.96. The zero-order valence-electron chi connectivity index (χ0n) is 30.7. The van der Waals surface area contributed by atoms with Gasteiger partial charge in [0.1, 0.15) is 13.2 Å². The summed E-state index contributed by atoms with van der Waals surface area (Å²) in [4.78, 5) is 22.7. The van der Waals surface area contributed by atoms with Crippen molar-refractivity contribution >= 4 is 13.7 Å². The number of nitrogens with zero attached hydrogens (tertiary/aromatic N) is 1. The Labute approximate surface area is 293 Å². The standard InChI is InChI=1S/C39H67N2O6P/c1-6-8-10-11-12-13-14-15-16-17-18-19-20-21-22-23-24-25-26-27-28-29-31-33-39(43)40-37(38(42)32-30-9-7-2)36-47-48(44,45)46-35-34-41(3,4)5/h8,10,12-13,15-16,18-19,21-22,24-25,30,32,37-38,42H,6-7,9,11,14,17,20,23,26-29,31,33-36H2,1-5H3,(H-,40,43,44,45)/p+1/b10-8-,13-12-,16-15-,19-18-,22-21-,25-24-,32-30+. The number of likely N-dealkylation sites (N-methyl/N-ethyl adjacent to an activating group) is 1. The Bertz CT molecular complexity index is 1060. The van der Waals surface area contributed by atoms with E-state index in [-0.39, 0.29) is 19.1 Å². The van der Waals surface area contributed by atoms with E-state index < -0.39 is 20.0 Å². The van der Waals surface area contributed by atoms with E-state index in [9.17, 15) is 19.4 Å². The van der Waals surface area contributed by atoms with Crippen LogP contribution in [0, 0.1) is 0 Å². The van der Waals surface area contributed by atoms with Crippen molar-refractivity contribution in [3.63, 3.8) is 0 Å². The number of amides is 1. The van der Waals surface area contributed by atoms with Gasteiger partial charge in [-0.05, 0) is 64.2 Å². The van der Waals surface area contributed by atoms with Gasteiger partial charge in [-0.1, -0.05) is 118 Å². The highest BCUT2D eigenvalue weighted by atomic mass is 31.2. The number of allylic oxidation sites excluding steroid dienone is 13. The first-order chi connectivity index (χ1) is 23.0. The van der Waals surface area contributed by atoms with E-state index in [0.717, 1.165) is 83.5 Å². The van der Waals surface area contributed by atoms with E-state index >= 15 is 0 Å². The molecule has 0 aliphatic rings. The summed E-state index contributed by atoms with van der Waals surface area (Å²) in [5.41, 5.74) is 0. The molecule has 3 N–H and O–H groups in total. The lowest BCUT2D eigenvalue weighted by atomic mass is 10.1. The number of nitrogens with one attached hydrogen (secondary N) is 1. The molecule has 0 rings (SSSR count). The van der Waals surface area contributed by atoms with Crippen molar-refractivity contribution in [1.82, 2.24) is 5.32 Å². The highest BCUT2D eigenvalue weighted by Gasteiger charge is 2.27. The van der Waals surface area contributed by atoms with Gasteiger partial charge in [0.25, 0.3) is 0 Å². The number of rotatable bonds is 30. The minimum Gasteiger partial charge on any atom is -0.387 e. The fraction of sp³-hybridized carbons (Fsp3) is 0.615. The highest BCUT2D eigenvalue weighted by molar-refractivity contribution is 7.47. The summed E-state index contributed by atoms with van der Waals surface area (Å²) in [6, 6.07) is -0.860. The van der Waals surface area contributed by atoms with Crippen molar-refractivity contribution in [2.24, 2.45) is 0 Å². The number of aliphatic hydroxyl groups is 1. The summed E-state index contributed by atoms with van der Waals surface area (Å²) in [6.45, 7) is 4.41. The number of hydrogen-bond acceptors (Lipinski definition) is 5. The Morgan fingerprint density at radius 1 is 0.729 bits per heavy atom. The van der Waals surface area contributed by atoms with Crippen LogP contribution in [0.3, 0.4) is 0 Å². The maximum absolute atomic E-state index is 12.6. The molecule has 48 heavy (non-hydrogen) atoms. The van der Waals surface area contributed by atoms with Gasteiger partial charge in [-0.15, -0.1) is 0 Å². The molecule has 0 aromatic rings. The minimum absolute atomic E-state index is 0.0490. The van der Waals surface area contributed by atoms with Crippen molar-refractivity contribution in [1.29, 1.82) is 0 Å². The first kappa shape index (κ1) is 45.7. The molecule has 3 unspecified atom stereocenters. The first-order valence-corrected chi connectivity index (χ1v) is 19.5. The van der Waals surface area contributed by atoms with Gasteiger partial charge in [-0.3, -0.25) is 13.8 Å². The normalized spacial score (nSPS) is 15.7. The molecule has 0 heterocycles. The molecule has 9 heteroatoms. The van der Waals surface area contributed by atoms with Crippen molar-refractivity contribution < 1.29 is 32.9 Å². The molecule has 8 nitrogen and oxygen atoms in total. The van der Waals surface area contributed by atoms with Crippen LogP contribution in [0.1, 0.15) is 104 Å². The lowest BCUT2D eigenvalue weighted by Crippen LogP contribution is -2.45. The van der Waals surface area contributed by atoms with E-state index in [2.05, 4.69) is 85.2 Å². The van der Waals surface area contributed by atoms with Crippen LogP contribution in [0.15, 0.2) is 85.1 Å². The molecular formula is C39H68N2O6P+. The molecule has 0 radical (unpaired) electrons. The zero-order valence-corrected chi connectivity index (χ0v) is 31.6. The van der Waals surface area contributed by atoms with Crippen LogP contribution in [0.4, 0.5) is 0 Å². The van der Waals surface area contributed by atoms with Gasteiger partial charge in [0.2, 0.25) is 5.91 Å². The lowest BCUT2D eigenvalue weighted by molar-refractivity contribution is -0.870. The summed E-state index contributed by atoms with van der Waals surface area (Å²) in [6.07, 6.45) is 41.6. The summed E-state index contributed by atoms with van der Waals surface area (Å²) in [7, 11) is 1.52. The maximum atomic E-state index is 12.6. The van der Waals surface area contributed by atoms with E-state index in [1.54, 1.807) is 6.08 Å². The van der Waals surface area contributed by atoms with Crippen molar-refractivity contribution in [3.8, 4) is 0 Å². The monoisotopic (exact) mass is 691 g/mol. The number of hydrogen-bond donors (Lipinski definition) is 3. The number of quaternary nitrogens is 1. The lowest BCUT2D eigenvalue weighted by Gasteiger charge is -2.25. The summed E-state index contributed by atoms with van der Waals surface area (Å²) in [5, 5.41) is 13.4. The molecule has 0 aliphatic carbocycles. The van der Waals surface area contributed by atoms with E-state index in [1.807, 2.05) is 34.1 Å². The number of phosphoric acid groups is 1. The van der Waals surface area contributed by atoms with Crippen LogP contribution in [0.5, 0.6) is 0 Å². The van der Waals surface area contributed by atoms with Gasteiger partial charge in [0.05, 0.1) is 39.9 Å². The molecule has 0 aliphatic heterocycles. The Morgan fingerprint density at radius 3 is 1.77 bits per heavy atom. The average Bonchev–Trinajstić information content (AvgIpc) is 3.02. The fourth-order valence-electron chi connectivity index (χ4n) is 4.22. The van der Waals surface area contributed by atoms with Gasteiger partial charge in [-0.2, -0.15) is 0 Å². The van der Waals surface area contributed by atoms with E-state index in [0.29, 0.717) is 17.4 Å².